The average molecular weight is 312 g/mol. The van der Waals surface area contributed by atoms with E-state index < -0.39 is 5.97 Å². The summed E-state index contributed by atoms with van der Waals surface area (Å²) in [5, 5.41) is 10.5. The zero-order valence-electron chi connectivity index (χ0n) is 13.4. The van der Waals surface area contributed by atoms with Crippen molar-refractivity contribution >= 4 is 11.8 Å². The van der Waals surface area contributed by atoms with E-state index in [0.29, 0.717) is 17.2 Å². The Labute approximate surface area is 153 Å². The SMILES string of the molecule is COc1ccc(C2CCCCC2)cc1C(=O)CCC(=O)[O-].[Na+]. The summed E-state index contributed by atoms with van der Waals surface area (Å²) in [5.74, 6) is -0.394. The molecular weight excluding hydrogens is 291 g/mol. The number of ketones is 1. The van der Waals surface area contributed by atoms with E-state index in [9.17, 15) is 14.7 Å². The minimum atomic E-state index is -1.20. The van der Waals surface area contributed by atoms with Gasteiger partial charge in [0.2, 0.25) is 0 Å². The number of hydrogen-bond donors (Lipinski definition) is 0. The third-order valence-corrected chi connectivity index (χ3v) is 4.16. The summed E-state index contributed by atoms with van der Waals surface area (Å²) < 4.78 is 5.23. The van der Waals surface area contributed by atoms with E-state index in [1.807, 2.05) is 18.2 Å². The molecule has 0 spiro atoms. The molecule has 1 aromatic rings. The molecule has 5 heteroatoms. The molecule has 0 aromatic heterocycles. The quantitative estimate of drug-likeness (QED) is 0.523. The van der Waals surface area contributed by atoms with Crippen LogP contribution in [0.2, 0.25) is 0 Å². The Hall–Kier alpha value is -0.840. The van der Waals surface area contributed by atoms with E-state index >= 15 is 0 Å². The van der Waals surface area contributed by atoms with E-state index in [1.54, 1.807) is 0 Å². The van der Waals surface area contributed by atoms with E-state index in [4.69, 9.17) is 4.74 Å². The van der Waals surface area contributed by atoms with Crippen molar-refractivity contribution in [3.05, 3.63) is 29.3 Å². The number of ether oxygens (including phenoxy) is 1. The maximum Gasteiger partial charge on any atom is 1.00 e. The molecule has 114 valence electrons. The third-order valence-electron chi connectivity index (χ3n) is 4.16. The first-order valence-corrected chi connectivity index (χ1v) is 7.53. The van der Waals surface area contributed by atoms with Gasteiger partial charge in [0.1, 0.15) is 5.75 Å². The summed E-state index contributed by atoms with van der Waals surface area (Å²) in [6, 6.07) is 5.72. The Kier molecular flexibility index (Phi) is 8.15. The minimum Gasteiger partial charge on any atom is -0.550 e. The Morgan fingerprint density at radius 3 is 2.45 bits per heavy atom. The van der Waals surface area contributed by atoms with Gasteiger partial charge in [-0.05, 0) is 42.9 Å². The molecule has 0 radical (unpaired) electrons. The molecule has 1 aliphatic carbocycles. The topological polar surface area (TPSA) is 66.4 Å². The second kappa shape index (κ2) is 9.33. The zero-order valence-corrected chi connectivity index (χ0v) is 15.4. The molecule has 22 heavy (non-hydrogen) atoms. The van der Waals surface area contributed by atoms with Gasteiger partial charge in [-0.3, -0.25) is 4.79 Å². The maximum atomic E-state index is 12.2. The van der Waals surface area contributed by atoms with Crippen LogP contribution >= 0.6 is 0 Å². The van der Waals surface area contributed by atoms with Crippen molar-refractivity contribution in [1.82, 2.24) is 0 Å². The van der Waals surface area contributed by atoms with Crippen LogP contribution in [0, 0.1) is 0 Å². The van der Waals surface area contributed by atoms with Gasteiger partial charge in [0.05, 0.1) is 12.7 Å². The molecule has 2 rings (SSSR count). The summed E-state index contributed by atoms with van der Waals surface area (Å²) in [5.41, 5.74) is 1.65. The summed E-state index contributed by atoms with van der Waals surface area (Å²) in [4.78, 5) is 22.7. The van der Waals surface area contributed by atoms with Gasteiger partial charge in [0.15, 0.2) is 5.78 Å². The number of carbonyl (C=O) groups excluding carboxylic acids is 2. The van der Waals surface area contributed by atoms with Crippen LogP contribution in [0.1, 0.15) is 66.8 Å². The Bertz CT molecular complexity index is 521. The monoisotopic (exact) mass is 312 g/mol. The van der Waals surface area contributed by atoms with Crippen LogP contribution in [0.15, 0.2) is 18.2 Å². The number of rotatable bonds is 6. The summed E-state index contributed by atoms with van der Waals surface area (Å²) in [6.07, 6.45) is 5.74. The third kappa shape index (κ3) is 5.11. The zero-order chi connectivity index (χ0) is 15.2. The van der Waals surface area contributed by atoms with Gasteiger partial charge in [-0.25, -0.2) is 0 Å². The Morgan fingerprint density at radius 1 is 1.18 bits per heavy atom. The summed E-state index contributed by atoms with van der Waals surface area (Å²) in [7, 11) is 1.52. The molecule has 0 amide bonds. The normalized spacial score (nSPS) is 15.0. The molecule has 1 aromatic carbocycles. The maximum absolute atomic E-state index is 12.2. The second-order valence-corrected chi connectivity index (χ2v) is 5.59. The van der Waals surface area contributed by atoms with Crippen LogP contribution in [-0.4, -0.2) is 18.9 Å². The Morgan fingerprint density at radius 2 is 1.86 bits per heavy atom. The molecule has 0 bridgehead atoms. The molecular formula is C17H21NaO4. The average Bonchev–Trinajstić information content (AvgIpc) is 2.52. The number of carbonyl (C=O) groups is 2. The first kappa shape index (κ1) is 19.2. The number of hydrogen-bond acceptors (Lipinski definition) is 4. The Balaban J connectivity index is 0.00000242. The molecule has 0 unspecified atom stereocenters. The fourth-order valence-corrected chi connectivity index (χ4v) is 2.98. The second-order valence-electron chi connectivity index (χ2n) is 5.59. The number of benzene rings is 1. The van der Waals surface area contributed by atoms with E-state index in [1.165, 1.54) is 26.4 Å². The number of methoxy groups -OCH3 is 1. The largest absolute Gasteiger partial charge is 1.00 e. The van der Waals surface area contributed by atoms with Crippen molar-refractivity contribution in [2.45, 2.75) is 50.9 Å². The van der Waals surface area contributed by atoms with Crippen molar-refractivity contribution in [2.75, 3.05) is 7.11 Å². The minimum absolute atomic E-state index is 0. The smallest absolute Gasteiger partial charge is 0.550 e. The summed E-state index contributed by atoms with van der Waals surface area (Å²) >= 11 is 0. The molecule has 0 saturated heterocycles. The van der Waals surface area contributed by atoms with E-state index in [-0.39, 0.29) is 48.2 Å². The van der Waals surface area contributed by atoms with Crippen molar-refractivity contribution in [1.29, 1.82) is 0 Å². The standard InChI is InChI=1S/C17H22O4.Na/c1-21-16-9-7-13(12-5-3-2-4-6-12)11-14(16)15(18)8-10-17(19)20;/h7,9,11-12H,2-6,8,10H2,1H3,(H,19,20);/q;+1/p-1. The molecule has 0 atom stereocenters. The van der Waals surface area contributed by atoms with Gasteiger partial charge in [-0.2, -0.15) is 0 Å². The van der Waals surface area contributed by atoms with Crippen molar-refractivity contribution in [3.63, 3.8) is 0 Å². The number of carboxylic acid groups (broad SMARTS) is 1. The van der Waals surface area contributed by atoms with Crippen LogP contribution in [0.25, 0.3) is 0 Å². The molecule has 4 nitrogen and oxygen atoms in total. The van der Waals surface area contributed by atoms with Gasteiger partial charge in [-0.15, -0.1) is 0 Å². The van der Waals surface area contributed by atoms with E-state index in [2.05, 4.69) is 0 Å². The summed E-state index contributed by atoms with van der Waals surface area (Å²) in [6.45, 7) is 0. The van der Waals surface area contributed by atoms with Crippen LogP contribution in [0.5, 0.6) is 5.75 Å². The molecule has 1 saturated carbocycles. The predicted octanol–water partition coefficient (Wildman–Crippen LogP) is -0.540. The first-order chi connectivity index (χ1) is 10.1. The van der Waals surface area contributed by atoms with Crippen LogP contribution in [0.4, 0.5) is 0 Å². The van der Waals surface area contributed by atoms with Gasteiger partial charge < -0.3 is 14.6 Å². The number of carboxylic acids is 1. The van der Waals surface area contributed by atoms with Crippen molar-refractivity contribution < 1.29 is 49.0 Å². The molecule has 0 N–H and O–H groups in total. The van der Waals surface area contributed by atoms with Crippen LogP contribution in [0.3, 0.4) is 0 Å². The van der Waals surface area contributed by atoms with Gasteiger partial charge >= 0.3 is 29.6 Å². The van der Waals surface area contributed by atoms with Crippen molar-refractivity contribution in [2.24, 2.45) is 0 Å². The van der Waals surface area contributed by atoms with Crippen LogP contribution < -0.4 is 39.4 Å². The predicted molar refractivity (Wildman–Crippen MR) is 77.4 cm³/mol. The van der Waals surface area contributed by atoms with Gasteiger partial charge in [-0.1, -0.05) is 25.3 Å². The molecule has 0 heterocycles. The van der Waals surface area contributed by atoms with Crippen LogP contribution in [-0.2, 0) is 4.79 Å². The molecule has 0 aliphatic heterocycles. The van der Waals surface area contributed by atoms with Gasteiger partial charge in [0, 0.05) is 12.4 Å². The fraction of sp³-hybridized carbons (Fsp3) is 0.529. The number of aliphatic carboxylic acids is 1. The van der Waals surface area contributed by atoms with E-state index in [0.717, 1.165) is 18.4 Å². The number of Topliss-reactive ketones (excluding diaryl/α,β-unsaturated/α-hetero) is 1. The first-order valence-electron chi connectivity index (χ1n) is 7.53. The fourth-order valence-electron chi connectivity index (χ4n) is 2.98. The van der Waals surface area contributed by atoms with Crippen molar-refractivity contribution in [3.8, 4) is 5.75 Å². The molecule has 1 fully saturated rings. The van der Waals surface area contributed by atoms with Gasteiger partial charge in [0.25, 0.3) is 0 Å². The molecule has 1 aliphatic rings.